The number of nitrogens with one attached hydrogen (secondary N) is 2. The van der Waals surface area contributed by atoms with Gasteiger partial charge in [-0.3, -0.25) is 0 Å². The maximum absolute atomic E-state index is 4.43. The van der Waals surface area contributed by atoms with Crippen molar-refractivity contribution in [1.29, 1.82) is 0 Å². The molecule has 0 bridgehead atoms. The molecule has 0 spiro atoms. The summed E-state index contributed by atoms with van der Waals surface area (Å²) in [5, 5.41) is 6.30. The first-order valence-electron chi connectivity index (χ1n) is 6.45. The van der Waals surface area contributed by atoms with E-state index < -0.39 is 0 Å². The second kappa shape index (κ2) is 8.13. The number of nitrogens with zero attached hydrogens (tertiary/aromatic N) is 3. The zero-order valence-corrected chi connectivity index (χ0v) is 12.0. The van der Waals surface area contributed by atoms with Gasteiger partial charge in [-0.15, -0.1) is 0 Å². The maximum atomic E-state index is 4.43. The predicted octanol–water partition coefficient (Wildman–Crippen LogP) is 1.92. The van der Waals surface area contributed by atoms with E-state index in [9.17, 15) is 0 Å². The molecule has 0 aliphatic heterocycles. The van der Waals surface area contributed by atoms with E-state index in [2.05, 4.69) is 31.8 Å². The van der Waals surface area contributed by atoms with Gasteiger partial charge in [0.05, 0.1) is 12.0 Å². The van der Waals surface area contributed by atoms with Crippen LogP contribution in [0, 0.1) is 0 Å². The summed E-state index contributed by atoms with van der Waals surface area (Å²) >= 11 is 0. The monoisotopic (exact) mass is 261 g/mol. The number of aromatic nitrogens is 2. The molecule has 1 aromatic heterocycles. The first-order chi connectivity index (χ1) is 9.17. The third kappa shape index (κ3) is 5.42. The number of aryl methyl sites for hydroxylation is 1. The smallest absolute Gasteiger partial charge is 0.121 e. The van der Waals surface area contributed by atoms with Crippen molar-refractivity contribution in [3.05, 3.63) is 42.9 Å². The fourth-order valence-corrected chi connectivity index (χ4v) is 1.56. The third-order valence-corrected chi connectivity index (χ3v) is 2.75. The van der Waals surface area contributed by atoms with E-state index in [1.807, 2.05) is 39.5 Å². The first kappa shape index (κ1) is 15.0. The maximum Gasteiger partial charge on any atom is 0.121 e. The fraction of sp³-hybridized carbons (Fsp3) is 0.429. The van der Waals surface area contributed by atoms with E-state index in [-0.39, 0.29) is 0 Å². The Hall–Kier alpha value is -2.04. The van der Waals surface area contributed by atoms with Gasteiger partial charge in [-0.05, 0) is 26.3 Å². The van der Waals surface area contributed by atoms with Gasteiger partial charge in [0.1, 0.15) is 5.82 Å². The lowest BCUT2D eigenvalue weighted by atomic mass is 10.3. The Bertz CT molecular complexity index is 442. The standard InChI is InChI=1S/C14H23N5/c1-5-14(15-4)18-13(3)12(2)17-7-6-9-19-10-8-16-11-19/h5,8,10-11,15,17H,2,6-7,9H2,1,3-4H3/b14-5-,18-13+. The lowest BCUT2D eigenvalue weighted by Crippen LogP contribution is -2.21. The van der Waals surface area contributed by atoms with Gasteiger partial charge in [-0.2, -0.15) is 0 Å². The molecule has 0 atom stereocenters. The van der Waals surface area contributed by atoms with E-state index in [1.165, 1.54) is 0 Å². The number of hydrogen-bond acceptors (Lipinski definition) is 4. The number of rotatable bonds is 8. The third-order valence-electron chi connectivity index (χ3n) is 2.75. The molecule has 5 heteroatoms. The summed E-state index contributed by atoms with van der Waals surface area (Å²) in [6.45, 7) is 9.71. The van der Waals surface area contributed by atoms with Gasteiger partial charge in [-0.25, -0.2) is 9.98 Å². The number of hydrogen-bond donors (Lipinski definition) is 2. The molecule has 1 aromatic rings. The van der Waals surface area contributed by atoms with Crippen LogP contribution in [0.15, 0.2) is 47.9 Å². The Kier molecular flexibility index (Phi) is 6.43. The van der Waals surface area contributed by atoms with Crippen LogP contribution in [0.2, 0.25) is 0 Å². The normalized spacial score (nSPS) is 12.4. The van der Waals surface area contributed by atoms with Gasteiger partial charge in [-0.1, -0.05) is 6.58 Å². The molecule has 1 rings (SSSR count). The summed E-state index contributed by atoms with van der Waals surface area (Å²) in [6.07, 6.45) is 8.53. The van der Waals surface area contributed by atoms with E-state index in [4.69, 9.17) is 0 Å². The Balaban J connectivity index is 2.30. The largest absolute Gasteiger partial charge is 0.384 e. The van der Waals surface area contributed by atoms with Crippen molar-refractivity contribution in [2.75, 3.05) is 13.6 Å². The van der Waals surface area contributed by atoms with Crippen LogP contribution in [0.1, 0.15) is 20.3 Å². The lowest BCUT2D eigenvalue weighted by Gasteiger charge is -2.10. The van der Waals surface area contributed by atoms with E-state index in [1.54, 1.807) is 6.20 Å². The average Bonchev–Trinajstić information content (AvgIpc) is 2.93. The van der Waals surface area contributed by atoms with E-state index in [0.29, 0.717) is 0 Å². The molecule has 104 valence electrons. The molecule has 0 radical (unpaired) electrons. The van der Waals surface area contributed by atoms with Crippen molar-refractivity contribution in [1.82, 2.24) is 20.2 Å². The highest BCUT2D eigenvalue weighted by Gasteiger charge is 1.99. The van der Waals surface area contributed by atoms with Crippen LogP contribution >= 0.6 is 0 Å². The molecule has 0 saturated carbocycles. The second-order valence-corrected chi connectivity index (χ2v) is 4.18. The van der Waals surface area contributed by atoms with Crippen LogP contribution < -0.4 is 10.6 Å². The van der Waals surface area contributed by atoms with Crippen molar-refractivity contribution in [2.45, 2.75) is 26.8 Å². The number of imidazole rings is 1. The highest BCUT2D eigenvalue weighted by atomic mass is 15.0. The van der Waals surface area contributed by atoms with Gasteiger partial charge < -0.3 is 15.2 Å². The molecule has 0 fully saturated rings. The molecule has 2 N–H and O–H groups in total. The van der Waals surface area contributed by atoms with Crippen molar-refractivity contribution >= 4 is 5.71 Å². The van der Waals surface area contributed by atoms with Gasteiger partial charge >= 0.3 is 0 Å². The van der Waals surface area contributed by atoms with Crippen molar-refractivity contribution < 1.29 is 0 Å². The summed E-state index contributed by atoms with van der Waals surface area (Å²) in [5.41, 5.74) is 1.75. The molecular formula is C14H23N5. The summed E-state index contributed by atoms with van der Waals surface area (Å²) in [7, 11) is 1.85. The van der Waals surface area contributed by atoms with Gasteiger partial charge in [0.25, 0.3) is 0 Å². The average molecular weight is 261 g/mol. The molecule has 0 aliphatic rings. The Morgan fingerprint density at radius 2 is 2.32 bits per heavy atom. The summed E-state index contributed by atoms with van der Waals surface area (Å²) in [5.74, 6) is 0.846. The van der Waals surface area contributed by atoms with Crippen molar-refractivity contribution in [3.8, 4) is 0 Å². The zero-order chi connectivity index (χ0) is 14.1. The van der Waals surface area contributed by atoms with Crippen molar-refractivity contribution in [2.24, 2.45) is 4.99 Å². The minimum atomic E-state index is 0.846. The van der Waals surface area contributed by atoms with Crippen LogP contribution in [0.4, 0.5) is 0 Å². The minimum Gasteiger partial charge on any atom is -0.384 e. The summed E-state index contributed by atoms with van der Waals surface area (Å²) < 4.78 is 2.06. The molecule has 0 saturated heterocycles. The van der Waals surface area contributed by atoms with Crippen LogP contribution in [0.5, 0.6) is 0 Å². The SMILES string of the molecule is C=C(NCCCn1ccnc1)/C(C)=N/C(=C\C)NC. The molecule has 0 aromatic carbocycles. The number of aliphatic imine (C=N–C) groups is 1. The molecule has 5 nitrogen and oxygen atoms in total. The zero-order valence-electron chi connectivity index (χ0n) is 12.0. The molecule has 0 amide bonds. The molecule has 19 heavy (non-hydrogen) atoms. The summed E-state index contributed by atoms with van der Waals surface area (Å²) in [4.78, 5) is 8.44. The first-order valence-corrected chi connectivity index (χ1v) is 6.45. The van der Waals surface area contributed by atoms with E-state index in [0.717, 1.165) is 36.7 Å². The highest BCUT2D eigenvalue weighted by molar-refractivity contribution is 5.97. The van der Waals surface area contributed by atoms with Crippen LogP contribution in [-0.2, 0) is 6.54 Å². The minimum absolute atomic E-state index is 0.846. The van der Waals surface area contributed by atoms with Crippen LogP contribution in [0.25, 0.3) is 0 Å². The molecule has 0 unspecified atom stereocenters. The van der Waals surface area contributed by atoms with Gasteiger partial charge in [0, 0.05) is 38.2 Å². The topological polar surface area (TPSA) is 54.2 Å². The Morgan fingerprint density at radius 1 is 1.53 bits per heavy atom. The predicted molar refractivity (Wildman–Crippen MR) is 79.9 cm³/mol. The van der Waals surface area contributed by atoms with Gasteiger partial charge in [0.15, 0.2) is 0 Å². The van der Waals surface area contributed by atoms with Crippen LogP contribution in [0.3, 0.4) is 0 Å². The molecule has 1 heterocycles. The van der Waals surface area contributed by atoms with Gasteiger partial charge in [0.2, 0.25) is 0 Å². The van der Waals surface area contributed by atoms with Crippen molar-refractivity contribution in [3.63, 3.8) is 0 Å². The second-order valence-electron chi connectivity index (χ2n) is 4.18. The quantitative estimate of drug-likeness (QED) is 0.555. The molecular weight excluding hydrogens is 238 g/mol. The number of allylic oxidation sites excluding steroid dienone is 2. The highest BCUT2D eigenvalue weighted by Crippen LogP contribution is 1.98. The lowest BCUT2D eigenvalue weighted by molar-refractivity contribution is 0.619. The Labute approximate surface area is 115 Å². The summed E-state index contributed by atoms with van der Waals surface area (Å²) in [6, 6.07) is 0. The Morgan fingerprint density at radius 3 is 2.89 bits per heavy atom. The molecule has 0 aliphatic carbocycles. The fourth-order valence-electron chi connectivity index (χ4n) is 1.56. The van der Waals surface area contributed by atoms with E-state index >= 15 is 0 Å². The van der Waals surface area contributed by atoms with Crippen LogP contribution in [-0.4, -0.2) is 28.9 Å².